The summed E-state index contributed by atoms with van der Waals surface area (Å²) in [6, 6.07) is 8.00. The second-order valence-corrected chi connectivity index (χ2v) is 5.08. The average Bonchev–Trinajstić information content (AvgIpc) is 2.31. The first-order chi connectivity index (χ1) is 7.76. The zero-order valence-corrected chi connectivity index (χ0v) is 10.9. The number of aromatic hydroxyl groups is 1. The van der Waals surface area contributed by atoms with Crippen LogP contribution >= 0.6 is 11.8 Å². The third-order valence-corrected chi connectivity index (χ3v) is 3.83. The van der Waals surface area contributed by atoms with Crippen molar-refractivity contribution >= 4 is 11.8 Å². The number of rotatable bonds is 7. The Morgan fingerprint density at radius 1 is 1.31 bits per heavy atom. The number of benzene rings is 1. The van der Waals surface area contributed by atoms with Gasteiger partial charge in [-0.15, -0.1) is 0 Å². The van der Waals surface area contributed by atoms with Gasteiger partial charge in [-0.25, -0.2) is 0 Å². The molecule has 0 amide bonds. The van der Waals surface area contributed by atoms with E-state index in [1.807, 2.05) is 30.9 Å². The van der Waals surface area contributed by atoms with E-state index in [0.29, 0.717) is 11.8 Å². The van der Waals surface area contributed by atoms with Crippen LogP contribution in [0.4, 0.5) is 0 Å². The van der Waals surface area contributed by atoms with Gasteiger partial charge in [0.2, 0.25) is 0 Å². The maximum absolute atomic E-state index is 9.20. The van der Waals surface area contributed by atoms with Crippen molar-refractivity contribution in [2.45, 2.75) is 25.8 Å². The summed E-state index contributed by atoms with van der Waals surface area (Å²) < 4.78 is 0. The molecule has 16 heavy (non-hydrogen) atoms. The summed E-state index contributed by atoms with van der Waals surface area (Å²) in [6.07, 6.45) is 2.26. The smallest absolute Gasteiger partial charge is 0.115 e. The highest BCUT2D eigenvalue weighted by Gasteiger charge is 2.06. The summed E-state index contributed by atoms with van der Waals surface area (Å²) in [5.74, 6) is 2.71. The topological polar surface area (TPSA) is 32.3 Å². The van der Waals surface area contributed by atoms with E-state index in [-0.39, 0.29) is 0 Å². The molecular weight excluding hydrogens is 218 g/mol. The molecule has 2 nitrogen and oxygen atoms in total. The van der Waals surface area contributed by atoms with Crippen LogP contribution in [0.5, 0.6) is 5.75 Å². The van der Waals surface area contributed by atoms with E-state index >= 15 is 0 Å². The zero-order valence-electron chi connectivity index (χ0n) is 10.1. The Bertz CT molecular complexity index is 286. The molecule has 90 valence electrons. The first kappa shape index (κ1) is 13.4. The molecule has 0 heterocycles. The van der Waals surface area contributed by atoms with Crippen LogP contribution in [0.2, 0.25) is 0 Å². The van der Waals surface area contributed by atoms with Gasteiger partial charge in [0.25, 0.3) is 0 Å². The summed E-state index contributed by atoms with van der Waals surface area (Å²) in [6.45, 7) is 2.21. The van der Waals surface area contributed by atoms with Crippen LogP contribution in [0, 0.1) is 0 Å². The van der Waals surface area contributed by atoms with Crippen LogP contribution in [0.3, 0.4) is 0 Å². The van der Waals surface area contributed by atoms with Crippen molar-refractivity contribution in [1.82, 2.24) is 5.32 Å². The lowest BCUT2D eigenvalue weighted by Gasteiger charge is -2.15. The molecule has 0 aromatic heterocycles. The fraction of sp³-hybridized carbons (Fsp3) is 0.538. The maximum atomic E-state index is 9.20. The van der Waals surface area contributed by atoms with Gasteiger partial charge in [0.15, 0.2) is 0 Å². The standard InChI is InChI=1S/C13H21NOS/c1-3-8-16-10-12(14-2)9-11-4-6-13(15)7-5-11/h4-7,12,14-15H,3,8-10H2,1-2H3. The van der Waals surface area contributed by atoms with Gasteiger partial charge in [0.05, 0.1) is 0 Å². The Hall–Kier alpha value is -0.670. The van der Waals surface area contributed by atoms with Crippen molar-refractivity contribution in [3.05, 3.63) is 29.8 Å². The summed E-state index contributed by atoms with van der Waals surface area (Å²) in [4.78, 5) is 0. The summed E-state index contributed by atoms with van der Waals surface area (Å²) in [7, 11) is 2.01. The first-order valence-electron chi connectivity index (χ1n) is 5.79. The number of nitrogens with one attached hydrogen (secondary N) is 1. The molecule has 0 radical (unpaired) electrons. The van der Waals surface area contributed by atoms with Crippen molar-refractivity contribution < 1.29 is 5.11 Å². The Morgan fingerprint density at radius 2 is 2.00 bits per heavy atom. The van der Waals surface area contributed by atoms with Crippen molar-refractivity contribution in [1.29, 1.82) is 0 Å². The third-order valence-electron chi connectivity index (χ3n) is 2.49. The highest BCUT2D eigenvalue weighted by molar-refractivity contribution is 7.99. The van der Waals surface area contributed by atoms with Gasteiger partial charge in [-0.05, 0) is 43.3 Å². The van der Waals surface area contributed by atoms with E-state index < -0.39 is 0 Å². The highest BCUT2D eigenvalue weighted by Crippen LogP contribution is 2.13. The van der Waals surface area contributed by atoms with Gasteiger partial charge < -0.3 is 10.4 Å². The fourth-order valence-corrected chi connectivity index (χ4v) is 2.56. The Balaban J connectivity index is 2.40. The van der Waals surface area contributed by atoms with Gasteiger partial charge in [-0.1, -0.05) is 19.1 Å². The van der Waals surface area contributed by atoms with E-state index in [2.05, 4.69) is 12.2 Å². The SMILES string of the molecule is CCCSCC(Cc1ccc(O)cc1)NC. The molecule has 0 aliphatic carbocycles. The predicted octanol–water partition coefficient (Wildman–Crippen LogP) is 2.67. The molecule has 1 rings (SSSR count). The Kier molecular flexibility index (Phi) is 6.34. The zero-order chi connectivity index (χ0) is 11.8. The fourth-order valence-electron chi connectivity index (χ4n) is 1.53. The van der Waals surface area contributed by atoms with Crippen LogP contribution in [0.15, 0.2) is 24.3 Å². The van der Waals surface area contributed by atoms with Gasteiger partial charge in [-0.3, -0.25) is 0 Å². The minimum absolute atomic E-state index is 0.338. The molecule has 0 aliphatic rings. The molecule has 2 N–H and O–H groups in total. The maximum Gasteiger partial charge on any atom is 0.115 e. The van der Waals surface area contributed by atoms with Gasteiger partial charge >= 0.3 is 0 Å². The van der Waals surface area contributed by atoms with E-state index in [1.54, 1.807) is 12.1 Å². The molecule has 0 aliphatic heterocycles. The van der Waals surface area contributed by atoms with Gasteiger partial charge in [0, 0.05) is 11.8 Å². The predicted molar refractivity (Wildman–Crippen MR) is 72.3 cm³/mol. The van der Waals surface area contributed by atoms with Crippen LogP contribution in [-0.2, 0) is 6.42 Å². The molecule has 1 aromatic rings. The molecule has 0 spiro atoms. The molecule has 0 saturated heterocycles. The number of hydrogen-bond acceptors (Lipinski definition) is 3. The first-order valence-corrected chi connectivity index (χ1v) is 6.94. The number of phenolic OH excluding ortho intramolecular Hbond substituents is 1. The summed E-state index contributed by atoms with van der Waals surface area (Å²) >= 11 is 2.00. The minimum Gasteiger partial charge on any atom is -0.508 e. The normalized spacial score (nSPS) is 12.6. The number of likely N-dealkylation sites (N-methyl/N-ethyl adjacent to an activating group) is 1. The van der Waals surface area contributed by atoms with Crippen molar-refractivity contribution in [2.75, 3.05) is 18.6 Å². The Labute approximate surface area is 102 Å². The molecule has 3 heteroatoms. The van der Waals surface area contributed by atoms with E-state index in [1.165, 1.54) is 17.7 Å². The quantitative estimate of drug-likeness (QED) is 0.718. The van der Waals surface area contributed by atoms with Crippen LogP contribution in [-0.4, -0.2) is 29.7 Å². The second-order valence-electron chi connectivity index (χ2n) is 3.93. The number of hydrogen-bond donors (Lipinski definition) is 2. The van der Waals surface area contributed by atoms with Crippen molar-refractivity contribution in [3.63, 3.8) is 0 Å². The molecular formula is C13H21NOS. The Morgan fingerprint density at radius 3 is 2.56 bits per heavy atom. The number of phenols is 1. The second kappa shape index (κ2) is 7.58. The third kappa shape index (κ3) is 4.90. The number of thioether (sulfide) groups is 1. The molecule has 0 bridgehead atoms. The summed E-state index contributed by atoms with van der Waals surface area (Å²) in [5, 5.41) is 12.5. The molecule has 0 fully saturated rings. The molecule has 1 atom stereocenters. The van der Waals surface area contributed by atoms with E-state index in [9.17, 15) is 5.11 Å². The molecule has 1 aromatic carbocycles. The van der Waals surface area contributed by atoms with Crippen LogP contribution in [0.1, 0.15) is 18.9 Å². The highest BCUT2D eigenvalue weighted by atomic mass is 32.2. The van der Waals surface area contributed by atoms with E-state index in [0.717, 1.165) is 12.2 Å². The lowest BCUT2D eigenvalue weighted by atomic mass is 10.1. The summed E-state index contributed by atoms with van der Waals surface area (Å²) in [5.41, 5.74) is 1.27. The largest absolute Gasteiger partial charge is 0.508 e. The van der Waals surface area contributed by atoms with Gasteiger partial charge in [0.1, 0.15) is 5.75 Å². The van der Waals surface area contributed by atoms with Crippen molar-refractivity contribution in [2.24, 2.45) is 0 Å². The molecule has 0 saturated carbocycles. The lowest BCUT2D eigenvalue weighted by Crippen LogP contribution is -2.30. The van der Waals surface area contributed by atoms with Crippen molar-refractivity contribution in [3.8, 4) is 5.75 Å². The van der Waals surface area contributed by atoms with Crippen LogP contribution in [0.25, 0.3) is 0 Å². The monoisotopic (exact) mass is 239 g/mol. The lowest BCUT2D eigenvalue weighted by molar-refractivity contribution is 0.475. The molecule has 1 unspecified atom stereocenters. The van der Waals surface area contributed by atoms with Gasteiger partial charge in [-0.2, -0.15) is 11.8 Å². The van der Waals surface area contributed by atoms with E-state index in [4.69, 9.17) is 0 Å². The van der Waals surface area contributed by atoms with Crippen LogP contribution < -0.4 is 5.32 Å². The minimum atomic E-state index is 0.338. The average molecular weight is 239 g/mol.